The highest BCUT2D eigenvalue weighted by Crippen LogP contribution is 2.30. The van der Waals surface area contributed by atoms with Gasteiger partial charge in [0.2, 0.25) is 10.0 Å². The first kappa shape index (κ1) is 25.8. The van der Waals surface area contributed by atoms with Gasteiger partial charge in [-0.2, -0.15) is 0 Å². The molecule has 0 aliphatic heterocycles. The molecule has 0 spiro atoms. The number of aliphatic hydroxyl groups is 1. The van der Waals surface area contributed by atoms with Gasteiger partial charge in [-0.05, 0) is 42.0 Å². The van der Waals surface area contributed by atoms with Gasteiger partial charge in [-0.25, -0.2) is 8.42 Å². The number of aromatic amines is 1. The molecule has 0 bridgehead atoms. The first-order valence-electron chi connectivity index (χ1n) is 11.6. The highest BCUT2D eigenvalue weighted by atomic mass is 32.2. The molecule has 3 aromatic carbocycles. The van der Waals surface area contributed by atoms with Crippen LogP contribution in [0.4, 0.5) is 5.69 Å². The Labute approximate surface area is 210 Å². The van der Waals surface area contributed by atoms with E-state index in [2.05, 4.69) is 15.0 Å². The molecule has 0 fully saturated rings. The fourth-order valence-electron chi connectivity index (χ4n) is 3.91. The minimum atomic E-state index is -3.37. The second kappa shape index (κ2) is 11.6. The molecule has 10 heteroatoms. The van der Waals surface area contributed by atoms with Crippen LogP contribution < -0.4 is 19.5 Å². The van der Waals surface area contributed by atoms with Crippen molar-refractivity contribution in [3.8, 4) is 11.5 Å². The van der Waals surface area contributed by atoms with Crippen LogP contribution in [0.2, 0.25) is 0 Å². The number of aliphatic hydroxyl groups excluding tert-OH is 1. The fourth-order valence-corrected chi connectivity index (χ4v) is 4.47. The molecule has 192 valence electrons. The Morgan fingerprint density at radius 3 is 2.22 bits per heavy atom. The van der Waals surface area contributed by atoms with Crippen molar-refractivity contribution in [2.75, 3.05) is 51.0 Å². The summed E-state index contributed by atoms with van der Waals surface area (Å²) in [5, 5.41) is 15.8. The molecule has 0 amide bonds. The lowest BCUT2D eigenvalue weighted by molar-refractivity contribution is 0.146. The third-order valence-electron chi connectivity index (χ3n) is 5.56. The lowest BCUT2D eigenvalue weighted by atomic mass is 10.1. The molecule has 1 unspecified atom stereocenters. The van der Waals surface area contributed by atoms with Crippen molar-refractivity contribution in [1.82, 2.24) is 10.3 Å². The standard InChI is InChI=1S/C26H31N3O6S/c1-33-12-13-35-21-7-9-23-22-8-6-20(15-24(22)28-25(23)16-21)34-11-10-27-17-26(30)18-4-3-5-19(14-18)29-36(2,31)32/h3-9,14-16,26-30H,10-13,17H2,1-2H3. The molecule has 1 heterocycles. The van der Waals surface area contributed by atoms with Gasteiger partial charge in [-0.1, -0.05) is 12.1 Å². The number of methoxy groups -OCH3 is 1. The summed E-state index contributed by atoms with van der Waals surface area (Å²) >= 11 is 0. The van der Waals surface area contributed by atoms with Crippen molar-refractivity contribution in [3.05, 3.63) is 66.2 Å². The average molecular weight is 514 g/mol. The summed E-state index contributed by atoms with van der Waals surface area (Å²) in [6, 6.07) is 18.6. The number of ether oxygens (including phenoxy) is 3. The molecule has 0 saturated carbocycles. The summed E-state index contributed by atoms with van der Waals surface area (Å²) < 4.78 is 41.8. The molecule has 4 rings (SSSR count). The van der Waals surface area contributed by atoms with Crippen LogP contribution in [-0.2, 0) is 14.8 Å². The fraction of sp³-hybridized carbons (Fsp3) is 0.308. The number of hydrogen-bond acceptors (Lipinski definition) is 7. The number of fused-ring (bicyclic) bond motifs is 3. The van der Waals surface area contributed by atoms with E-state index in [1.54, 1.807) is 31.4 Å². The summed E-state index contributed by atoms with van der Waals surface area (Å²) in [4.78, 5) is 3.42. The summed E-state index contributed by atoms with van der Waals surface area (Å²) in [6.07, 6.45) is 0.307. The summed E-state index contributed by atoms with van der Waals surface area (Å²) in [5.41, 5.74) is 3.00. The smallest absolute Gasteiger partial charge is 0.229 e. The van der Waals surface area contributed by atoms with Crippen molar-refractivity contribution in [1.29, 1.82) is 0 Å². The van der Waals surface area contributed by atoms with Crippen LogP contribution in [0.25, 0.3) is 21.8 Å². The first-order valence-corrected chi connectivity index (χ1v) is 13.5. The van der Waals surface area contributed by atoms with E-state index in [1.165, 1.54) is 0 Å². The molecule has 9 nitrogen and oxygen atoms in total. The Balaban J connectivity index is 1.28. The predicted octanol–water partition coefficient (Wildman–Crippen LogP) is 3.42. The van der Waals surface area contributed by atoms with E-state index in [9.17, 15) is 13.5 Å². The van der Waals surface area contributed by atoms with E-state index < -0.39 is 16.1 Å². The molecule has 36 heavy (non-hydrogen) atoms. The third kappa shape index (κ3) is 6.88. The zero-order valence-corrected chi connectivity index (χ0v) is 21.1. The second-order valence-corrected chi connectivity index (χ2v) is 10.2. The SMILES string of the molecule is COCCOc1ccc2c(c1)[nH]c1cc(OCCNCC(O)c3cccc(NS(C)(=O)=O)c3)ccc12. The second-order valence-electron chi connectivity index (χ2n) is 8.45. The van der Waals surface area contributed by atoms with Gasteiger partial charge in [0.25, 0.3) is 0 Å². The molecule has 0 saturated heterocycles. The average Bonchev–Trinajstić information content (AvgIpc) is 3.20. The molecule has 1 aromatic heterocycles. The molecule has 0 radical (unpaired) electrons. The van der Waals surface area contributed by atoms with Crippen LogP contribution in [0.3, 0.4) is 0 Å². The van der Waals surface area contributed by atoms with E-state index in [4.69, 9.17) is 14.2 Å². The van der Waals surface area contributed by atoms with Crippen LogP contribution in [-0.4, -0.2) is 64.8 Å². The van der Waals surface area contributed by atoms with E-state index >= 15 is 0 Å². The number of hydrogen-bond donors (Lipinski definition) is 4. The van der Waals surface area contributed by atoms with E-state index in [1.807, 2.05) is 36.4 Å². The summed E-state index contributed by atoms with van der Waals surface area (Å²) in [5.74, 6) is 1.53. The van der Waals surface area contributed by atoms with Gasteiger partial charge in [0, 0.05) is 48.8 Å². The van der Waals surface area contributed by atoms with Crippen molar-refractivity contribution >= 4 is 37.5 Å². The van der Waals surface area contributed by atoms with Gasteiger partial charge in [-0.15, -0.1) is 0 Å². The lowest BCUT2D eigenvalue weighted by Crippen LogP contribution is -2.26. The van der Waals surface area contributed by atoms with E-state index in [0.29, 0.717) is 44.2 Å². The highest BCUT2D eigenvalue weighted by molar-refractivity contribution is 7.92. The maximum atomic E-state index is 11.4. The van der Waals surface area contributed by atoms with Crippen molar-refractivity contribution in [2.24, 2.45) is 0 Å². The monoisotopic (exact) mass is 513 g/mol. The number of rotatable bonds is 13. The quantitative estimate of drug-likeness (QED) is 0.202. The molecular weight excluding hydrogens is 482 g/mol. The Morgan fingerprint density at radius 1 is 0.917 bits per heavy atom. The van der Waals surface area contributed by atoms with Gasteiger partial charge in [0.1, 0.15) is 24.7 Å². The van der Waals surface area contributed by atoms with Crippen LogP contribution in [0, 0.1) is 0 Å². The molecule has 1 atom stereocenters. The number of anilines is 1. The Kier molecular flexibility index (Phi) is 8.32. The Bertz CT molecular complexity index is 1420. The van der Waals surface area contributed by atoms with Gasteiger partial charge in [-0.3, -0.25) is 4.72 Å². The number of benzene rings is 3. The largest absolute Gasteiger partial charge is 0.492 e. The zero-order valence-electron chi connectivity index (χ0n) is 20.3. The van der Waals surface area contributed by atoms with Crippen LogP contribution in [0.1, 0.15) is 11.7 Å². The molecule has 4 N–H and O–H groups in total. The number of aromatic nitrogens is 1. The number of sulfonamides is 1. The molecule has 0 aliphatic rings. The summed E-state index contributed by atoms with van der Waals surface area (Å²) in [7, 11) is -1.73. The first-order chi connectivity index (χ1) is 17.3. The highest BCUT2D eigenvalue weighted by Gasteiger charge is 2.10. The third-order valence-corrected chi connectivity index (χ3v) is 6.16. The predicted molar refractivity (Wildman–Crippen MR) is 141 cm³/mol. The van der Waals surface area contributed by atoms with Gasteiger partial charge in [0.15, 0.2) is 0 Å². The minimum absolute atomic E-state index is 0.307. The van der Waals surface area contributed by atoms with Crippen LogP contribution >= 0.6 is 0 Å². The molecular formula is C26H31N3O6S. The summed E-state index contributed by atoms with van der Waals surface area (Å²) in [6.45, 7) is 2.30. The van der Waals surface area contributed by atoms with Gasteiger partial charge >= 0.3 is 0 Å². The van der Waals surface area contributed by atoms with Crippen LogP contribution in [0.5, 0.6) is 11.5 Å². The minimum Gasteiger partial charge on any atom is -0.492 e. The lowest BCUT2D eigenvalue weighted by Gasteiger charge is -2.14. The maximum Gasteiger partial charge on any atom is 0.229 e. The topological polar surface area (TPSA) is 122 Å². The number of nitrogens with one attached hydrogen (secondary N) is 3. The Morgan fingerprint density at radius 2 is 1.58 bits per heavy atom. The van der Waals surface area contributed by atoms with Crippen LogP contribution in [0.15, 0.2) is 60.7 Å². The van der Waals surface area contributed by atoms with E-state index in [-0.39, 0.29) is 0 Å². The van der Waals surface area contributed by atoms with Gasteiger partial charge < -0.3 is 29.6 Å². The van der Waals surface area contributed by atoms with Crippen molar-refractivity contribution in [3.63, 3.8) is 0 Å². The zero-order chi connectivity index (χ0) is 25.5. The maximum absolute atomic E-state index is 11.4. The van der Waals surface area contributed by atoms with Crippen molar-refractivity contribution < 1.29 is 27.7 Å². The Hall–Kier alpha value is -3.31. The normalized spacial score (nSPS) is 12.6. The van der Waals surface area contributed by atoms with Gasteiger partial charge in [0.05, 0.1) is 30.0 Å². The molecule has 0 aliphatic carbocycles. The molecule has 4 aromatic rings. The number of H-pyrrole nitrogens is 1. The van der Waals surface area contributed by atoms with E-state index in [0.717, 1.165) is 39.6 Å². The van der Waals surface area contributed by atoms with Crippen molar-refractivity contribution in [2.45, 2.75) is 6.10 Å².